The highest BCUT2D eigenvalue weighted by molar-refractivity contribution is 5.70. The van der Waals surface area contributed by atoms with Gasteiger partial charge >= 0.3 is 12.1 Å². The number of alkyl halides is 3. The number of carbonyl (C=O) groups is 1. The minimum absolute atomic E-state index is 0.502. The van der Waals surface area contributed by atoms with Gasteiger partial charge in [0.1, 0.15) is 0 Å². The number of phenols is 1. The summed E-state index contributed by atoms with van der Waals surface area (Å²) in [6.45, 7) is 1.03. The van der Waals surface area contributed by atoms with E-state index in [4.69, 9.17) is 5.11 Å². The SMILES string of the molecule is CC(=O)Oc1cc(C(F)(F)F)ccc1O. The van der Waals surface area contributed by atoms with Crippen LogP contribution in [-0.4, -0.2) is 11.1 Å². The average molecular weight is 220 g/mol. The third-order valence-electron chi connectivity index (χ3n) is 1.54. The molecule has 0 spiro atoms. The summed E-state index contributed by atoms with van der Waals surface area (Å²) < 4.78 is 41.0. The molecule has 0 aliphatic heterocycles. The van der Waals surface area contributed by atoms with E-state index in [1.54, 1.807) is 0 Å². The van der Waals surface area contributed by atoms with Crippen molar-refractivity contribution in [1.29, 1.82) is 0 Å². The molecule has 0 saturated heterocycles. The number of hydrogen-bond donors (Lipinski definition) is 1. The van der Waals surface area contributed by atoms with Gasteiger partial charge in [-0.25, -0.2) is 0 Å². The zero-order valence-corrected chi connectivity index (χ0v) is 7.63. The topological polar surface area (TPSA) is 46.5 Å². The zero-order chi connectivity index (χ0) is 11.6. The molecule has 6 heteroatoms. The maximum Gasteiger partial charge on any atom is 0.416 e. The molecule has 1 aromatic carbocycles. The summed E-state index contributed by atoms with van der Waals surface area (Å²) in [7, 11) is 0. The van der Waals surface area contributed by atoms with Gasteiger partial charge in [0.15, 0.2) is 11.5 Å². The van der Waals surface area contributed by atoms with Gasteiger partial charge < -0.3 is 9.84 Å². The fraction of sp³-hybridized carbons (Fsp3) is 0.222. The molecule has 82 valence electrons. The molecule has 0 unspecified atom stereocenters. The molecule has 0 aliphatic carbocycles. The average Bonchev–Trinajstić information content (AvgIpc) is 2.06. The van der Waals surface area contributed by atoms with Crippen LogP contribution in [0, 0.1) is 0 Å². The third-order valence-corrected chi connectivity index (χ3v) is 1.54. The highest BCUT2D eigenvalue weighted by atomic mass is 19.4. The minimum atomic E-state index is -4.54. The van der Waals surface area contributed by atoms with Crippen LogP contribution in [0.5, 0.6) is 11.5 Å². The van der Waals surface area contributed by atoms with Gasteiger partial charge in [-0.05, 0) is 18.2 Å². The Bertz CT molecular complexity index is 385. The molecule has 1 N–H and O–H groups in total. The standard InChI is InChI=1S/C9H7F3O3/c1-5(13)15-8-4-6(9(10,11)12)2-3-7(8)14/h2-4,14H,1H3. The number of aromatic hydroxyl groups is 1. The molecule has 0 saturated carbocycles. The quantitative estimate of drug-likeness (QED) is 0.583. The lowest BCUT2D eigenvalue weighted by atomic mass is 10.2. The highest BCUT2D eigenvalue weighted by Crippen LogP contribution is 2.35. The number of ether oxygens (including phenoxy) is 1. The monoisotopic (exact) mass is 220 g/mol. The molecule has 1 rings (SSSR count). The van der Waals surface area contributed by atoms with Gasteiger partial charge in [0.05, 0.1) is 5.56 Å². The molecule has 0 fully saturated rings. The molecule has 0 atom stereocenters. The number of hydrogen-bond acceptors (Lipinski definition) is 3. The number of benzene rings is 1. The van der Waals surface area contributed by atoms with E-state index in [1.807, 2.05) is 0 Å². The van der Waals surface area contributed by atoms with Crippen LogP contribution in [0.25, 0.3) is 0 Å². The van der Waals surface area contributed by atoms with E-state index in [2.05, 4.69) is 4.74 Å². The van der Waals surface area contributed by atoms with Crippen molar-refractivity contribution in [3.05, 3.63) is 23.8 Å². The highest BCUT2D eigenvalue weighted by Gasteiger charge is 2.31. The van der Waals surface area contributed by atoms with Gasteiger partial charge in [-0.2, -0.15) is 13.2 Å². The van der Waals surface area contributed by atoms with Crippen molar-refractivity contribution in [2.24, 2.45) is 0 Å². The van der Waals surface area contributed by atoms with Crippen molar-refractivity contribution in [3.63, 3.8) is 0 Å². The molecule has 1 aromatic rings. The van der Waals surface area contributed by atoms with Crippen LogP contribution < -0.4 is 4.74 Å². The van der Waals surface area contributed by atoms with E-state index in [0.29, 0.717) is 12.1 Å². The first-order valence-electron chi connectivity index (χ1n) is 3.89. The normalized spacial score (nSPS) is 11.2. The number of halogens is 3. The van der Waals surface area contributed by atoms with Crippen LogP contribution in [0.2, 0.25) is 0 Å². The molecule has 0 amide bonds. The van der Waals surface area contributed by atoms with Crippen LogP contribution >= 0.6 is 0 Å². The first kappa shape index (κ1) is 11.4. The summed E-state index contributed by atoms with van der Waals surface area (Å²) in [5, 5.41) is 9.11. The van der Waals surface area contributed by atoms with E-state index >= 15 is 0 Å². The van der Waals surface area contributed by atoms with Gasteiger partial charge in [-0.1, -0.05) is 0 Å². The second-order valence-corrected chi connectivity index (χ2v) is 2.77. The van der Waals surface area contributed by atoms with Crippen LogP contribution in [0.1, 0.15) is 12.5 Å². The number of phenolic OH excluding ortho intramolecular Hbond substituents is 1. The molecule has 3 nitrogen and oxygen atoms in total. The van der Waals surface area contributed by atoms with E-state index in [1.165, 1.54) is 0 Å². The third kappa shape index (κ3) is 2.87. The smallest absolute Gasteiger partial charge is 0.416 e. The Morgan fingerprint density at radius 2 is 2.00 bits per heavy atom. The predicted molar refractivity (Wildman–Crippen MR) is 44.4 cm³/mol. The van der Waals surface area contributed by atoms with Crippen LogP contribution in [0.15, 0.2) is 18.2 Å². The zero-order valence-electron chi connectivity index (χ0n) is 7.63. The van der Waals surface area contributed by atoms with Crippen LogP contribution in [0.3, 0.4) is 0 Å². The summed E-state index contributed by atoms with van der Waals surface area (Å²) >= 11 is 0. The lowest BCUT2D eigenvalue weighted by Gasteiger charge is -2.09. The summed E-state index contributed by atoms with van der Waals surface area (Å²) in [5.41, 5.74) is -0.989. The fourth-order valence-electron chi connectivity index (χ4n) is 0.927. The molecule has 0 bridgehead atoms. The summed E-state index contributed by atoms with van der Waals surface area (Å²) in [4.78, 5) is 10.5. The minimum Gasteiger partial charge on any atom is -0.504 e. The van der Waals surface area contributed by atoms with Crippen LogP contribution in [-0.2, 0) is 11.0 Å². The lowest BCUT2D eigenvalue weighted by molar-refractivity contribution is -0.138. The summed E-state index contributed by atoms with van der Waals surface area (Å²) in [6, 6.07) is 2.08. The van der Waals surface area contributed by atoms with E-state index in [-0.39, 0.29) is 0 Å². The van der Waals surface area contributed by atoms with Gasteiger partial charge in [-0.3, -0.25) is 4.79 Å². The number of rotatable bonds is 1. The van der Waals surface area contributed by atoms with E-state index in [9.17, 15) is 18.0 Å². The number of esters is 1. The van der Waals surface area contributed by atoms with Crippen LogP contribution in [0.4, 0.5) is 13.2 Å². The first-order chi connectivity index (χ1) is 6.80. The predicted octanol–water partition coefficient (Wildman–Crippen LogP) is 2.34. The largest absolute Gasteiger partial charge is 0.504 e. The van der Waals surface area contributed by atoms with Gasteiger partial charge in [0.25, 0.3) is 0 Å². The van der Waals surface area contributed by atoms with Crippen molar-refractivity contribution >= 4 is 5.97 Å². The second-order valence-electron chi connectivity index (χ2n) is 2.77. The molecule has 0 aromatic heterocycles. The van der Waals surface area contributed by atoms with Gasteiger partial charge in [-0.15, -0.1) is 0 Å². The second kappa shape index (κ2) is 3.80. The Morgan fingerprint density at radius 1 is 1.40 bits per heavy atom. The van der Waals surface area contributed by atoms with Crippen molar-refractivity contribution in [2.75, 3.05) is 0 Å². The van der Waals surface area contributed by atoms with Gasteiger partial charge in [0.2, 0.25) is 0 Å². The Kier molecular flexibility index (Phi) is 2.88. The van der Waals surface area contributed by atoms with Crippen molar-refractivity contribution < 1.29 is 27.8 Å². The molecule has 15 heavy (non-hydrogen) atoms. The van der Waals surface area contributed by atoms with Gasteiger partial charge in [0, 0.05) is 6.92 Å². The molecular weight excluding hydrogens is 213 g/mol. The first-order valence-corrected chi connectivity index (χ1v) is 3.89. The molecule has 0 aliphatic rings. The Hall–Kier alpha value is -1.72. The molecule has 0 radical (unpaired) electrons. The lowest BCUT2D eigenvalue weighted by Crippen LogP contribution is -2.07. The molecular formula is C9H7F3O3. The summed E-state index contributed by atoms with van der Waals surface area (Å²) in [6.07, 6.45) is -4.54. The van der Waals surface area contributed by atoms with Crippen molar-refractivity contribution in [2.45, 2.75) is 13.1 Å². The maximum absolute atomic E-state index is 12.2. The van der Waals surface area contributed by atoms with E-state index < -0.39 is 29.2 Å². The fourth-order valence-corrected chi connectivity index (χ4v) is 0.927. The van der Waals surface area contributed by atoms with Crippen molar-refractivity contribution in [1.82, 2.24) is 0 Å². The Balaban J connectivity index is 3.11. The van der Waals surface area contributed by atoms with E-state index in [0.717, 1.165) is 13.0 Å². The maximum atomic E-state index is 12.2. The van der Waals surface area contributed by atoms with Crippen molar-refractivity contribution in [3.8, 4) is 11.5 Å². The molecule has 0 heterocycles. The summed E-state index contributed by atoms with van der Waals surface area (Å²) in [5.74, 6) is -1.82. The number of carbonyl (C=O) groups excluding carboxylic acids is 1. The Morgan fingerprint density at radius 3 is 2.47 bits per heavy atom. The Labute approximate surface area is 83.1 Å².